The molecule has 1 fully saturated rings. The second-order valence-corrected chi connectivity index (χ2v) is 5.81. The standard InChI is InChI=1S/C14H20N2O2/c1-13(2,3)18-12(17)16(4)14(7-8-14)11-6-5-9-15-10-11/h5-6,9-10H,7-8H2,1-4H3. The Labute approximate surface area is 108 Å². The summed E-state index contributed by atoms with van der Waals surface area (Å²) in [7, 11) is 1.80. The van der Waals surface area contributed by atoms with Crippen molar-refractivity contribution in [1.82, 2.24) is 9.88 Å². The molecular weight excluding hydrogens is 228 g/mol. The third-order valence-corrected chi connectivity index (χ3v) is 3.23. The van der Waals surface area contributed by atoms with Crippen LogP contribution in [0.3, 0.4) is 0 Å². The van der Waals surface area contributed by atoms with E-state index in [2.05, 4.69) is 4.98 Å². The number of carbonyl (C=O) groups is 1. The first-order valence-corrected chi connectivity index (χ1v) is 6.22. The molecule has 0 atom stereocenters. The maximum atomic E-state index is 12.1. The Morgan fingerprint density at radius 2 is 2.11 bits per heavy atom. The molecule has 1 aromatic heterocycles. The second-order valence-electron chi connectivity index (χ2n) is 5.81. The van der Waals surface area contributed by atoms with Gasteiger partial charge in [-0.1, -0.05) is 6.07 Å². The van der Waals surface area contributed by atoms with Crippen LogP contribution in [0.2, 0.25) is 0 Å². The average Bonchev–Trinajstić information content (AvgIpc) is 3.08. The minimum absolute atomic E-state index is 0.212. The van der Waals surface area contributed by atoms with E-state index in [1.165, 1.54) is 0 Å². The number of carbonyl (C=O) groups excluding carboxylic acids is 1. The van der Waals surface area contributed by atoms with E-state index in [-0.39, 0.29) is 11.6 Å². The molecule has 2 rings (SSSR count). The predicted molar refractivity (Wildman–Crippen MR) is 69.1 cm³/mol. The van der Waals surface area contributed by atoms with Crippen LogP contribution >= 0.6 is 0 Å². The van der Waals surface area contributed by atoms with Crippen LogP contribution in [0.4, 0.5) is 4.79 Å². The molecule has 0 aromatic carbocycles. The van der Waals surface area contributed by atoms with Gasteiger partial charge in [0.2, 0.25) is 0 Å². The lowest BCUT2D eigenvalue weighted by molar-refractivity contribution is 0.0189. The highest BCUT2D eigenvalue weighted by molar-refractivity contribution is 5.70. The number of rotatable bonds is 2. The molecule has 0 radical (unpaired) electrons. The van der Waals surface area contributed by atoms with E-state index in [4.69, 9.17) is 4.74 Å². The van der Waals surface area contributed by atoms with Gasteiger partial charge in [0.05, 0.1) is 5.54 Å². The zero-order valence-corrected chi connectivity index (χ0v) is 11.4. The molecule has 1 amide bonds. The normalized spacial score (nSPS) is 17.1. The monoisotopic (exact) mass is 248 g/mol. The molecule has 18 heavy (non-hydrogen) atoms. The molecule has 0 N–H and O–H groups in total. The molecule has 1 aliphatic carbocycles. The Morgan fingerprint density at radius 1 is 1.44 bits per heavy atom. The Hall–Kier alpha value is -1.58. The summed E-state index contributed by atoms with van der Waals surface area (Å²) in [5.74, 6) is 0. The molecule has 1 aliphatic rings. The number of pyridine rings is 1. The Kier molecular flexibility index (Phi) is 3.05. The molecule has 1 saturated carbocycles. The smallest absolute Gasteiger partial charge is 0.410 e. The molecule has 0 bridgehead atoms. The lowest BCUT2D eigenvalue weighted by Gasteiger charge is -2.31. The SMILES string of the molecule is CN(C(=O)OC(C)(C)C)C1(c2cccnc2)CC1. The van der Waals surface area contributed by atoms with Crippen LogP contribution in [-0.2, 0) is 10.3 Å². The van der Waals surface area contributed by atoms with Crippen molar-refractivity contribution in [2.75, 3.05) is 7.05 Å². The number of ether oxygens (including phenoxy) is 1. The van der Waals surface area contributed by atoms with Gasteiger partial charge in [-0.25, -0.2) is 4.79 Å². The van der Waals surface area contributed by atoms with Crippen LogP contribution in [0.15, 0.2) is 24.5 Å². The molecule has 4 nitrogen and oxygen atoms in total. The molecule has 1 aromatic rings. The zero-order chi connectivity index (χ0) is 13.4. The van der Waals surface area contributed by atoms with Gasteiger partial charge in [0, 0.05) is 19.4 Å². The number of hydrogen-bond acceptors (Lipinski definition) is 3. The van der Waals surface area contributed by atoms with Gasteiger partial charge in [0.15, 0.2) is 0 Å². The van der Waals surface area contributed by atoms with E-state index < -0.39 is 5.60 Å². The van der Waals surface area contributed by atoms with Gasteiger partial charge >= 0.3 is 6.09 Å². The van der Waals surface area contributed by atoms with E-state index in [1.54, 1.807) is 18.1 Å². The van der Waals surface area contributed by atoms with E-state index in [0.29, 0.717) is 0 Å². The van der Waals surface area contributed by atoms with Gasteiger partial charge in [-0.3, -0.25) is 4.98 Å². The first-order chi connectivity index (χ1) is 8.35. The van der Waals surface area contributed by atoms with Crippen molar-refractivity contribution in [2.45, 2.75) is 44.8 Å². The largest absolute Gasteiger partial charge is 0.444 e. The number of amides is 1. The first-order valence-electron chi connectivity index (χ1n) is 6.22. The van der Waals surface area contributed by atoms with E-state index >= 15 is 0 Å². The summed E-state index contributed by atoms with van der Waals surface area (Å²) in [6.45, 7) is 5.63. The minimum atomic E-state index is -0.462. The minimum Gasteiger partial charge on any atom is -0.444 e. The summed E-state index contributed by atoms with van der Waals surface area (Å²) < 4.78 is 5.41. The predicted octanol–water partition coefficient (Wildman–Crippen LogP) is 2.94. The van der Waals surface area contributed by atoms with Crippen LogP contribution in [0.1, 0.15) is 39.2 Å². The van der Waals surface area contributed by atoms with Gasteiger partial charge < -0.3 is 9.64 Å². The topological polar surface area (TPSA) is 42.4 Å². The summed E-state index contributed by atoms with van der Waals surface area (Å²) in [4.78, 5) is 17.9. The maximum Gasteiger partial charge on any atom is 0.410 e. The van der Waals surface area contributed by atoms with Gasteiger partial charge in [-0.15, -0.1) is 0 Å². The van der Waals surface area contributed by atoms with E-state index in [9.17, 15) is 4.79 Å². The van der Waals surface area contributed by atoms with Gasteiger partial charge in [0.25, 0.3) is 0 Å². The summed E-state index contributed by atoms with van der Waals surface area (Å²) >= 11 is 0. The molecular formula is C14H20N2O2. The first kappa shape index (κ1) is 12.9. The zero-order valence-electron chi connectivity index (χ0n) is 11.4. The third kappa shape index (κ3) is 2.47. The fraction of sp³-hybridized carbons (Fsp3) is 0.571. The number of nitrogens with zero attached hydrogens (tertiary/aromatic N) is 2. The lowest BCUT2D eigenvalue weighted by atomic mass is 10.1. The average molecular weight is 248 g/mol. The van der Waals surface area contributed by atoms with Gasteiger partial charge in [0.1, 0.15) is 5.60 Å². The number of hydrogen-bond donors (Lipinski definition) is 0. The Morgan fingerprint density at radius 3 is 2.56 bits per heavy atom. The molecule has 0 aliphatic heterocycles. The van der Waals surface area contributed by atoms with Crippen molar-refractivity contribution in [3.8, 4) is 0 Å². The van der Waals surface area contributed by atoms with Crippen LogP contribution in [-0.4, -0.2) is 28.6 Å². The highest BCUT2D eigenvalue weighted by atomic mass is 16.6. The number of aromatic nitrogens is 1. The van der Waals surface area contributed by atoms with Gasteiger partial charge in [-0.05, 0) is 45.2 Å². The molecule has 4 heteroatoms. The van der Waals surface area contributed by atoms with Crippen LogP contribution in [0.5, 0.6) is 0 Å². The third-order valence-electron chi connectivity index (χ3n) is 3.23. The van der Waals surface area contributed by atoms with Crippen molar-refractivity contribution >= 4 is 6.09 Å². The summed E-state index contributed by atoms with van der Waals surface area (Å²) in [5.41, 5.74) is 0.408. The van der Waals surface area contributed by atoms with Crippen LogP contribution < -0.4 is 0 Å². The molecule has 0 spiro atoms. The van der Waals surface area contributed by atoms with Crippen molar-refractivity contribution < 1.29 is 9.53 Å². The van der Waals surface area contributed by atoms with E-state index in [0.717, 1.165) is 18.4 Å². The molecule has 1 heterocycles. The second kappa shape index (κ2) is 4.26. The van der Waals surface area contributed by atoms with E-state index in [1.807, 2.05) is 39.1 Å². The fourth-order valence-electron chi connectivity index (χ4n) is 2.08. The summed E-state index contributed by atoms with van der Waals surface area (Å²) in [6, 6.07) is 3.92. The van der Waals surface area contributed by atoms with Crippen molar-refractivity contribution in [2.24, 2.45) is 0 Å². The lowest BCUT2D eigenvalue weighted by Crippen LogP contribution is -2.40. The molecule has 0 saturated heterocycles. The summed E-state index contributed by atoms with van der Waals surface area (Å²) in [6.07, 6.45) is 5.23. The highest BCUT2D eigenvalue weighted by Crippen LogP contribution is 2.50. The Bertz CT molecular complexity index is 433. The fourth-order valence-corrected chi connectivity index (χ4v) is 2.08. The van der Waals surface area contributed by atoms with Gasteiger partial charge in [-0.2, -0.15) is 0 Å². The van der Waals surface area contributed by atoms with Crippen LogP contribution in [0, 0.1) is 0 Å². The van der Waals surface area contributed by atoms with Crippen molar-refractivity contribution in [1.29, 1.82) is 0 Å². The maximum absolute atomic E-state index is 12.1. The molecule has 0 unspecified atom stereocenters. The quantitative estimate of drug-likeness (QED) is 0.808. The Balaban J connectivity index is 2.14. The van der Waals surface area contributed by atoms with Crippen molar-refractivity contribution in [3.05, 3.63) is 30.1 Å². The summed E-state index contributed by atoms with van der Waals surface area (Å²) in [5, 5.41) is 0. The van der Waals surface area contributed by atoms with Crippen molar-refractivity contribution in [3.63, 3.8) is 0 Å². The van der Waals surface area contributed by atoms with Crippen LogP contribution in [0.25, 0.3) is 0 Å². The highest BCUT2D eigenvalue weighted by Gasteiger charge is 2.51. The molecule has 98 valence electrons.